The molecule has 1 amide bonds. The fraction of sp³-hybridized carbons (Fsp3) is 0.923. The van der Waals surface area contributed by atoms with Crippen LogP contribution in [0.3, 0.4) is 0 Å². The lowest BCUT2D eigenvalue weighted by molar-refractivity contribution is -0.0638. The third-order valence-electron chi connectivity index (χ3n) is 3.85. The number of alkyl carbamates (subject to hydrolysis) is 1. The number of carbonyl (C=O) groups excluding carboxylic acids is 1. The Hall–Kier alpha value is -0.810. The van der Waals surface area contributed by atoms with Crippen molar-refractivity contribution in [3.63, 3.8) is 0 Å². The minimum Gasteiger partial charge on any atom is -0.444 e. The molecule has 1 saturated heterocycles. The Morgan fingerprint density at radius 2 is 2.11 bits per heavy atom. The second kappa shape index (κ2) is 4.70. The van der Waals surface area contributed by atoms with Crippen molar-refractivity contribution >= 4 is 6.09 Å². The van der Waals surface area contributed by atoms with Gasteiger partial charge < -0.3 is 20.5 Å². The van der Waals surface area contributed by atoms with Crippen LogP contribution in [-0.2, 0) is 9.47 Å². The Kier molecular flexibility index (Phi) is 3.56. The van der Waals surface area contributed by atoms with Crippen molar-refractivity contribution in [2.45, 2.75) is 57.7 Å². The maximum absolute atomic E-state index is 11.6. The van der Waals surface area contributed by atoms with Crippen LogP contribution < -0.4 is 11.1 Å². The van der Waals surface area contributed by atoms with Gasteiger partial charge in [0.05, 0.1) is 6.61 Å². The Morgan fingerprint density at radius 3 is 2.67 bits per heavy atom. The number of nitrogens with two attached hydrogens (primary N) is 1. The number of rotatable bonds is 1. The van der Waals surface area contributed by atoms with Crippen LogP contribution in [0.5, 0.6) is 0 Å². The smallest absolute Gasteiger partial charge is 0.407 e. The predicted molar refractivity (Wildman–Crippen MR) is 68.2 cm³/mol. The molecule has 5 nitrogen and oxygen atoms in total. The van der Waals surface area contributed by atoms with Gasteiger partial charge in [0.15, 0.2) is 0 Å². The van der Waals surface area contributed by atoms with Crippen molar-refractivity contribution in [1.82, 2.24) is 5.32 Å². The van der Waals surface area contributed by atoms with Crippen LogP contribution in [0.2, 0.25) is 0 Å². The van der Waals surface area contributed by atoms with E-state index < -0.39 is 5.60 Å². The zero-order chi connectivity index (χ0) is 13.4. The Morgan fingerprint density at radius 1 is 1.44 bits per heavy atom. The summed E-state index contributed by atoms with van der Waals surface area (Å²) < 4.78 is 10.6. The van der Waals surface area contributed by atoms with E-state index in [4.69, 9.17) is 15.2 Å². The molecule has 1 aliphatic heterocycles. The molecule has 1 saturated carbocycles. The van der Waals surface area contributed by atoms with Crippen LogP contribution >= 0.6 is 0 Å². The van der Waals surface area contributed by atoms with Gasteiger partial charge in [0.25, 0.3) is 0 Å². The fourth-order valence-electron chi connectivity index (χ4n) is 2.85. The molecule has 2 rings (SSSR count). The lowest BCUT2D eigenvalue weighted by Gasteiger charge is -2.53. The number of hydrogen-bond donors (Lipinski definition) is 2. The van der Waals surface area contributed by atoms with Crippen LogP contribution in [0.15, 0.2) is 0 Å². The molecule has 2 fully saturated rings. The molecular weight excluding hydrogens is 232 g/mol. The monoisotopic (exact) mass is 256 g/mol. The van der Waals surface area contributed by atoms with Crippen molar-refractivity contribution in [3.05, 3.63) is 0 Å². The molecule has 18 heavy (non-hydrogen) atoms. The van der Waals surface area contributed by atoms with E-state index in [0.717, 1.165) is 25.9 Å². The SMILES string of the molecule is CC(C)(C)OC(=O)NC1CC2(CCOCC2N)C1. The zero-order valence-corrected chi connectivity index (χ0v) is 11.5. The third kappa shape index (κ3) is 2.95. The van der Waals surface area contributed by atoms with Gasteiger partial charge in [-0.25, -0.2) is 4.79 Å². The first-order chi connectivity index (χ1) is 8.31. The Bertz CT molecular complexity index is 319. The first-order valence-electron chi connectivity index (χ1n) is 6.64. The molecular formula is C13H24N2O3. The molecule has 2 aliphatic rings. The van der Waals surface area contributed by atoms with E-state index in [2.05, 4.69) is 5.32 Å². The summed E-state index contributed by atoms with van der Waals surface area (Å²) in [6.45, 7) is 7.02. The molecule has 1 spiro atoms. The highest BCUT2D eigenvalue weighted by molar-refractivity contribution is 5.68. The van der Waals surface area contributed by atoms with Gasteiger partial charge in [0.1, 0.15) is 5.60 Å². The Labute approximate surface area is 108 Å². The molecule has 1 aliphatic carbocycles. The van der Waals surface area contributed by atoms with Crippen LogP contribution in [0, 0.1) is 5.41 Å². The molecule has 0 bridgehead atoms. The summed E-state index contributed by atoms with van der Waals surface area (Å²) >= 11 is 0. The highest BCUT2D eigenvalue weighted by Gasteiger charge is 2.50. The van der Waals surface area contributed by atoms with Gasteiger partial charge in [0, 0.05) is 18.7 Å². The molecule has 1 atom stereocenters. The molecule has 0 radical (unpaired) electrons. The van der Waals surface area contributed by atoms with Crippen LogP contribution in [0.4, 0.5) is 4.79 Å². The summed E-state index contributed by atoms with van der Waals surface area (Å²) in [5.74, 6) is 0. The molecule has 3 N–H and O–H groups in total. The summed E-state index contributed by atoms with van der Waals surface area (Å²) in [4.78, 5) is 11.6. The van der Waals surface area contributed by atoms with E-state index in [1.54, 1.807) is 0 Å². The topological polar surface area (TPSA) is 73.6 Å². The average molecular weight is 256 g/mol. The quantitative estimate of drug-likeness (QED) is 0.744. The number of amides is 1. The molecule has 1 unspecified atom stereocenters. The van der Waals surface area contributed by atoms with Gasteiger partial charge in [-0.15, -0.1) is 0 Å². The van der Waals surface area contributed by atoms with Crippen molar-refractivity contribution in [3.8, 4) is 0 Å². The lowest BCUT2D eigenvalue weighted by Crippen LogP contribution is -2.61. The average Bonchev–Trinajstić information content (AvgIpc) is 2.16. The van der Waals surface area contributed by atoms with Crippen LogP contribution in [0.25, 0.3) is 0 Å². The minimum absolute atomic E-state index is 0.0999. The highest BCUT2D eigenvalue weighted by Crippen LogP contribution is 2.48. The number of carbonyl (C=O) groups is 1. The van der Waals surface area contributed by atoms with E-state index in [9.17, 15) is 4.79 Å². The molecule has 0 aromatic heterocycles. The van der Waals surface area contributed by atoms with Crippen molar-refractivity contribution in [2.75, 3.05) is 13.2 Å². The van der Waals surface area contributed by atoms with Crippen molar-refractivity contribution in [2.24, 2.45) is 11.1 Å². The normalized spacial score (nSPS) is 36.0. The van der Waals surface area contributed by atoms with Crippen LogP contribution in [0.1, 0.15) is 40.0 Å². The van der Waals surface area contributed by atoms with E-state index in [1.165, 1.54) is 0 Å². The van der Waals surface area contributed by atoms with E-state index in [1.807, 2.05) is 20.8 Å². The number of hydrogen-bond acceptors (Lipinski definition) is 4. The largest absolute Gasteiger partial charge is 0.444 e. The zero-order valence-electron chi connectivity index (χ0n) is 11.5. The number of ether oxygens (including phenoxy) is 2. The predicted octanol–water partition coefficient (Wildman–Crippen LogP) is 1.41. The van der Waals surface area contributed by atoms with Crippen molar-refractivity contribution in [1.29, 1.82) is 0 Å². The van der Waals surface area contributed by atoms with Crippen LogP contribution in [-0.4, -0.2) is 37.0 Å². The minimum atomic E-state index is -0.444. The highest BCUT2D eigenvalue weighted by atomic mass is 16.6. The standard InChI is InChI=1S/C13H24N2O3/c1-12(2,3)18-11(16)15-9-6-13(7-9)4-5-17-8-10(13)14/h9-10H,4-8,14H2,1-3H3,(H,15,16). The maximum atomic E-state index is 11.6. The third-order valence-corrected chi connectivity index (χ3v) is 3.85. The lowest BCUT2D eigenvalue weighted by atomic mass is 9.59. The molecule has 104 valence electrons. The summed E-state index contributed by atoms with van der Waals surface area (Å²) in [5.41, 5.74) is 5.84. The van der Waals surface area contributed by atoms with Gasteiger partial charge in [-0.2, -0.15) is 0 Å². The van der Waals surface area contributed by atoms with E-state index in [-0.39, 0.29) is 23.6 Å². The second-order valence-corrected chi connectivity index (χ2v) is 6.55. The van der Waals surface area contributed by atoms with Gasteiger partial charge in [-0.3, -0.25) is 0 Å². The van der Waals surface area contributed by atoms with Gasteiger partial charge in [0.2, 0.25) is 0 Å². The van der Waals surface area contributed by atoms with E-state index in [0.29, 0.717) is 6.61 Å². The number of nitrogens with one attached hydrogen (secondary N) is 1. The van der Waals surface area contributed by atoms with Gasteiger partial charge in [-0.05, 0) is 45.4 Å². The summed E-state index contributed by atoms with van der Waals surface area (Å²) in [7, 11) is 0. The maximum Gasteiger partial charge on any atom is 0.407 e. The first-order valence-corrected chi connectivity index (χ1v) is 6.64. The summed E-state index contributed by atoms with van der Waals surface area (Å²) in [6.07, 6.45) is 2.55. The molecule has 0 aromatic rings. The molecule has 5 heteroatoms. The molecule has 0 aromatic carbocycles. The summed E-state index contributed by atoms with van der Waals surface area (Å²) in [6, 6.07) is 0.298. The van der Waals surface area contributed by atoms with Crippen molar-refractivity contribution < 1.29 is 14.3 Å². The fourth-order valence-corrected chi connectivity index (χ4v) is 2.85. The summed E-state index contributed by atoms with van der Waals surface area (Å²) in [5, 5.41) is 2.91. The molecule has 1 heterocycles. The van der Waals surface area contributed by atoms with Gasteiger partial charge >= 0.3 is 6.09 Å². The second-order valence-electron chi connectivity index (χ2n) is 6.55. The van der Waals surface area contributed by atoms with Gasteiger partial charge in [-0.1, -0.05) is 0 Å². The van der Waals surface area contributed by atoms with E-state index >= 15 is 0 Å². The Balaban J connectivity index is 1.77. The first kappa shape index (κ1) is 13.6.